The lowest BCUT2D eigenvalue weighted by Gasteiger charge is -2.49. The van der Waals surface area contributed by atoms with Crippen molar-refractivity contribution in [2.24, 2.45) is 5.92 Å². The third-order valence-electron chi connectivity index (χ3n) is 11.0. The summed E-state index contributed by atoms with van der Waals surface area (Å²) in [6.07, 6.45) is -2.86. The molecule has 298 valence electrons. The predicted molar refractivity (Wildman–Crippen MR) is 193 cm³/mol. The van der Waals surface area contributed by atoms with Gasteiger partial charge in [-0.1, -0.05) is 37.3 Å². The highest BCUT2D eigenvalue weighted by molar-refractivity contribution is 5.80. The molecule has 3 atom stereocenters. The average Bonchev–Trinajstić information content (AvgIpc) is 3.16. The highest BCUT2D eigenvalue weighted by atomic mass is 19.4. The van der Waals surface area contributed by atoms with Crippen LogP contribution in [0.15, 0.2) is 60.9 Å². The quantitative estimate of drug-likeness (QED) is 0.152. The fraction of sp³-hybridized carbons (Fsp3) is 0.550. The fourth-order valence-electron chi connectivity index (χ4n) is 8.29. The molecule has 1 saturated carbocycles. The van der Waals surface area contributed by atoms with Gasteiger partial charge in [-0.3, -0.25) is 9.59 Å². The lowest BCUT2D eigenvalue weighted by atomic mass is 9.81. The van der Waals surface area contributed by atoms with Crippen molar-refractivity contribution in [2.75, 3.05) is 36.1 Å². The Hall–Kier alpha value is -4.40. The number of benzene rings is 2. The van der Waals surface area contributed by atoms with E-state index >= 15 is 0 Å². The summed E-state index contributed by atoms with van der Waals surface area (Å²) in [6, 6.07) is 10.3. The van der Waals surface area contributed by atoms with Gasteiger partial charge in [0.05, 0.1) is 42.4 Å². The summed E-state index contributed by atoms with van der Waals surface area (Å²) in [6.45, 7) is 5.31. The van der Waals surface area contributed by atoms with Crippen molar-refractivity contribution in [2.45, 2.75) is 108 Å². The zero-order valence-corrected chi connectivity index (χ0v) is 31.0. The first-order chi connectivity index (χ1) is 26.2. The average molecular weight is 776 g/mol. The van der Waals surface area contributed by atoms with Crippen LogP contribution in [0.5, 0.6) is 0 Å². The molecule has 15 heteroatoms. The summed E-state index contributed by atoms with van der Waals surface area (Å²) in [7, 11) is 0. The standard InChI is InChI=1S/C40H47F6N5O4/c1-3-32-21-33(22-34(19-27-7-5-4-6-8-27)51(32)37(53)29-9-11-36(12-10-29)55-26(2)52)50(38-47-23-35(24-48-38)49-13-15-54-16-14-49)25-28-17-30(39(41,42)43)20-31(18-28)40(44,45)46/h4-8,17-18,20,23-24,29,32-34,36H,3,9-16,19,21-22,25H2,1-2H3/t29?,32-,33+,34?,36?/m1/s1. The Bertz CT molecular complexity index is 1710. The summed E-state index contributed by atoms with van der Waals surface area (Å²) in [5.41, 5.74) is -1.25. The largest absolute Gasteiger partial charge is 0.463 e. The van der Waals surface area contributed by atoms with Crippen LogP contribution in [0.1, 0.15) is 81.0 Å². The maximum Gasteiger partial charge on any atom is 0.416 e. The van der Waals surface area contributed by atoms with Gasteiger partial charge in [0, 0.05) is 50.6 Å². The molecule has 1 aromatic heterocycles. The van der Waals surface area contributed by atoms with E-state index in [0.29, 0.717) is 77.7 Å². The van der Waals surface area contributed by atoms with Crippen molar-refractivity contribution in [3.8, 4) is 0 Å². The highest BCUT2D eigenvalue weighted by Gasteiger charge is 2.44. The van der Waals surface area contributed by atoms with Gasteiger partial charge in [-0.05, 0) is 80.7 Å². The second-order valence-corrected chi connectivity index (χ2v) is 14.7. The topological polar surface area (TPSA) is 88.1 Å². The van der Waals surface area contributed by atoms with Crippen molar-refractivity contribution in [1.82, 2.24) is 14.9 Å². The number of aromatic nitrogens is 2. The van der Waals surface area contributed by atoms with E-state index in [-0.39, 0.29) is 60.1 Å². The lowest BCUT2D eigenvalue weighted by Crippen LogP contribution is -2.59. The summed E-state index contributed by atoms with van der Waals surface area (Å²) in [5, 5.41) is 0. The van der Waals surface area contributed by atoms with Crippen LogP contribution in [-0.2, 0) is 44.4 Å². The molecule has 3 aromatic rings. The number of hydrogen-bond donors (Lipinski definition) is 0. The van der Waals surface area contributed by atoms with E-state index in [4.69, 9.17) is 9.47 Å². The van der Waals surface area contributed by atoms with Gasteiger partial charge < -0.3 is 24.2 Å². The first-order valence-corrected chi connectivity index (χ1v) is 18.9. The second kappa shape index (κ2) is 17.2. The van der Waals surface area contributed by atoms with Gasteiger partial charge in [0.1, 0.15) is 6.10 Å². The Morgan fingerprint density at radius 3 is 2.02 bits per heavy atom. The second-order valence-electron chi connectivity index (χ2n) is 14.7. The molecule has 1 aliphatic carbocycles. The van der Waals surface area contributed by atoms with E-state index < -0.39 is 29.5 Å². The van der Waals surface area contributed by atoms with Crippen LogP contribution in [0.4, 0.5) is 38.0 Å². The van der Waals surface area contributed by atoms with Crippen LogP contribution in [0.25, 0.3) is 0 Å². The smallest absolute Gasteiger partial charge is 0.416 e. The molecular formula is C40H47F6N5O4. The number of alkyl halides is 6. The molecule has 2 aliphatic heterocycles. The van der Waals surface area contributed by atoms with Crippen LogP contribution >= 0.6 is 0 Å². The number of piperidine rings is 1. The monoisotopic (exact) mass is 775 g/mol. The number of carbonyl (C=O) groups is 2. The maximum atomic E-state index is 14.5. The van der Waals surface area contributed by atoms with Crippen LogP contribution in [0, 0.1) is 5.92 Å². The summed E-state index contributed by atoms with van der Waals surface area (Å²) >= 11 is 0. The zero-order chi connectivity index (χ0) is 39.3. The van der Waals surface area contributed by atoms with Gasteiger partial charge in [0.2, 0.25) is 11.9 Å². The van der Waals surface area contributed by atoms with Crippen molar-refractivity contribution < 1.29 is 45.4 Å². The van der Waals surface area contributed by atoms with Gasteiger partial charge in [0.15, 0.2) is 0 Å². The summed E-state index contributed by atoms with van der Waals surface area (Å²) < 4.78 is 94.9. The summed E-state index contributed by atoms with van der Waals surface area (Å²) in [5.74, 6) is -0.439. The van der Waals surface area contributed by atoms with Gasteiger partial charge in [-0.25, -0.2) is 9.97 Å². The van der Waals surface area contributed by atoms with E-state index in [9.17, 15) is 35.9 Å². The number of nitrogens with zero attached hydrogens (tertiary/aromatic N) is 5. The molecule has 55 heavy (non-hydrogen) atoms. The molecule has 3 heterocycles. The number of rotatable bonds is 10. The molecule has 2 aromatic carbocycles. The molecule has 0 N–H and O–H groups in total. The van der Waals surface area contributed by atoms with Crippen molar-refractivity contribution >= 4 is 23.5 Å². The zero-order valence-electron chi connectivity index (χ0n) is 31.0. The number of morpholine rings is 1. The molecule has 2 saturated heterocycles. The normalized spacial score (nSPS) is 23.7. The van der Waals surface area contributed by atoms with E-state index in [2.05, 4.69) is 9.97 Å². The Kier molecular flexibility index (Phi) is 12.6. The van der Waals surface area contributed by atoms with Crippen molar-refractivity contribution in [3.05, 3.63) is 83.2 Å². The first-order valence-electron chi connectivity index (χ1n) is 18.9. The Labute approximate surface area is 317 Å². The fourth-order valence-corrected chi connectivity index (χ4v) is 8.29. The molecule has 3 fully saturated rings. The minimum Gasteiger partial charge on any atom is -0.463 e. The van der Waals surface area contributed by atoms with Crippen LogP contribution < -0.4 is 9.80 Å². The highest BCUT2D eigenvalue weighted by Crippen LogP contribution is 2.39. The number of amides is 1. The Balaban J connectivity index is 1.36. The molecule has 3 aliphatic rings. The van der Waals surface area contributed by atoms with E-state index in [1.54, 1.807) is 17.3 Å². The number of carbonyl (C=O) groups excluding carboxylic acids is 2. The van der Waals surface area contributed by atoms with Gasteiger partial charge in [0.25, 0.3) is 0 Å². The van der Waals surface area contributed by atoms with Crippen LogP contribution in [-0.4, -0.2) is 77.3 Å². The molecule has 1 amide bonds. The van der Waals surface area contributed by atoms with Crippen LogP contribution in [0.3, 0.4) is 0 Å². The van der Waals surface area contributed by atoms with Crippen molar-refractivity contribution in [1.29, 1.82) is 0 Å². The van der Waals surface area contributed by atoms with Gasteiger partial charge in [-0.2, -0.15) is 26.3 Å². The van der Waals surface area contributed by atoms with Crippen molar-refractivity contribution in [3.63, 3.8) is 0 Å². The summed E-state index contributed by atoms with van der Waals surface area (Å²) in [4.78, 5) is 41.1. The predicted octanol–water partition coefficient (Wildman–Crippen LogP) is 7.86. The molecule has 0 bridgehead atoms. The van der Waals surface area contributed by atoms with Gasteiger partial charge >= 0.3 is 18.3 Å². The number of halogens is 6. The Morgan fingerprint density at radius 2 is 1.45 bits per heavy atom. The Morgan fingerprint density at radius 1 is 0.855 bits per heavy atom. The first kappa shape index (κ1) is 40.3. The minimum absolute atomic E-state index is 0.0119. The molecule has 1 unspecified atom stereocenters. The number of likely N-dealkylation sites (tertiary alicyclic amines) is 1. The molecule has 9 nitrogen and oxygen atoms in total. The molecule has 6 rings (SSSR count). The number of hydrogen-bond acceptors (Lipinski definition) is 8. The number of anilines is 2. The molecular weight excluding hydrogens is 728 g/mol. The lowest BCUT2D eigenvalue weighted by molar-refractivity contribution is -0.151. The SMILES string of the molecule is CC[C@@H]1C[C@H](N(Cc2cc(C(F)(F)F)cc(C(F)(F)F)c2)c2ncc(N3CCOCC3)cn2)CC(Cc2ccccc2)N1C(=O)C1CCC(OC(C)=O)CC1. The van der Waals surface area contributed by atoms with Gasteiger partial charge in [-0.15, -0.1) is 0 Å². The number of esters is 1. The third-order valence-corrected chi connectivity index (χ3v) is 11.0. The number of ether oxygens (including phenoxy) is 2. The van der Waals surface area contributed by atoms with E-state index in [0.717, 1.165) is 23.4 Å². The van der Waals surface area contributed by atoms with Crippen LogP contribution in [0.2, 0.25) is 0 Å². The minimum atomic E-state index is -5.01. The third kappa shape index (κ3) is 10.1. The maximum absolute atomic E-state index is 14.5. The molecule has 0 spiro atoms. The molecule has 0 radical (unpaired) electrons. The van der Waals surface area contributed by atoms with E-state index in [1.807, 2.05) is 47.1 Å². The van der Waals surface area contributed by atoms with E-state index in [1.165, 1.54) is 6.92 Å².